The van der Waals surface area contributed by atoms with Gasteiger partial charge in [-0.25, -0.2) is 17.6 Å². The molecule has 2 aromatic carbocycles. The highest BCUT2D eigenvalue weighted by atomic mass is 35.5. The van der Waals surface area contributed by atoms with Gasteiger partial charge in [-0.2, -0.15) is 4.31 Å². The Balaban J connectivity index is 1.63. The highest BCUT2D eigenvalue weighted by Crippen LogP contribution is 2.28. The molecule has 1 heterocycles. The topological polar surface area (TPSA) is 84.0 Å². The largest absolute Gasteiger partial charge is 0.452 e. The predicted octanol–water partition coefficient (Wildman–Crippen LogP) is 3.08. The van der Waals surface area contributed by atoms with Gasteiger partial charge in [0.05, 0.1) is 10.6 Å². The van der Waals surface area contributed by atoms with Gasteiger partial charge >= 0.3 is 5.97 Å². The number of carbonyl (C=O) groups excluding carboxylic acids is 2. The zero-order valence-electron chi connectivity index (χ0n) is 16.9. The van der Waals surface area contributed by atoms with Crippen molar-refractivity contribution in [3.05, 3.63) is 64.4 Å². The minimum Gasteiger partial charge on any atom is -0.452 e. The van der Waals surface area contributed by atoms with Crippen molar-refractivity contribution in [2.75, 3.05) is 26.7 Å². The summed E-state index contributed by atoms with van der Waals surface area (Å²) in [5.41, 5.74) is 0.703. The first-order valence-electron chi connectivity index (χ1n) is 9.64. The number of esters is 1. The van der Waals surface area contributed by atoms with Crippen molar-refractivity contribution in [1.29, 1.82) is 0 Å². The molecule has 0 bridgehead atoms. The number of hydrogen-bond acceptors (Lipinski definition) is 5. The highest BCUT2D eigenvalue weighted by Gasteiger charge is 2.30. The first-order chi connectivity index (χ1) is 14.7. The molecule has 0 spiro atoms. The fourth-order valence-electron chi connectivity index (χ4n) is 3.17. The van der Waals surface area contributed by atoms with E-state index < -0.39 is 28.5 Å². The van der Waals surface area contributed by atoms with Gasteiger partial charge in [-0.05, 0) is 48.7 Å². The number of halogens is 2. The van der Waals surface area contributed by atoms with Crippen LogP contribution in [-0.2, 0) is 26.1 Å². The normalized spacial score (nSPS) is 14.4. The van der Waals surface area contributed by atoms with E-state index in [4.69, 9.17) is 16.3 Å². The van der Waals surface area contributed by atoms with Crippen molar-refractivity contribution in [2.45, 2.75) is 24.3 Å². The van der Waals surface area contributed by atoms with Gasteiger partial charge in [-0.15, -0.1) is 0 Å². The quantitative estimate of drug-likeness (QED) is 0.583. The Morgan fingerprint density at radius 3 is 2.42 bits per heavy atom. The standard InChI is InChI=1S/C21H22ClFN2O5S/c1-24(13-15-4-7-17(23)8-5-15)20(26)14-30-21(27)16-6-9-18(22)19(12-16)31(28,29)25-10-2-3-11-25/h4-9,12H,2-3,10-11,13-14H2,1H3. The van der Waals surface area contributed by atoms with E-state index in [1.807, 2.05) is 0 Å². The molecule has 1 aliphatic heterocycles. The van der Waals surface area contributed by atoms with Gasteiger partial charge in [-0.1, -0.05) is 23.7 Å². The number of amides is 1. The minimum absolute atomic E-state index is 0.0126. The summed E-state index contributed by atoms with van der Waals surface area (Å²) in [5, 5.41) is 0.0126. The van der Waals surface area contributed by atoms with Crippen LogP contribution < -0.4 is 0 Å². The Hall–Kier alpha value is -2.49. The molecule has 0 atom stereocenters. The summed E-state index contributed by atoms with van der Waals surface area (Å²) in [5.74, 6) is -1.67. The third kappa shape index (κ3) is 5.61. The summed E-state index contributed by atoms with van der Waals surface area (Å²) < 4.78 is 44.9. The lowest BCUT2D eigenvalue weighted by Crippen LogP contribution is -2.31. The number of nitrogens with zero attached hydrogens (tertiary/aromatic N) is 2. The summed E-state index contributed by atoms with van der Waals surface area (Å²) in [6.07, 6.45) is 1.54. The van der Waals surface area contributed by atoms with Crippen LogP contribution in [0.5, 0.6) is 0 Å². The Morgan fingerprint density at radius 1 is 1.13 bits per heavy atom. The summed E-state index contributed by atoms with van der Waals surface area (Å²) >= 11 is 6.08. The second-order valence-electron chi connectivity index (χ2n) is 7.21. The van der Waals surface area contributed by atoms with Crippen LogP contribution in [0.2, 0.25) is 5.02 Å². The maximum absolute atomic E-state index is 13.0. The maximum Gasteiger partial charge on any atom is 0.338 e. The molecule has 0 N–H and O–H groups in total. The highest BCUT2D eigenvalue weighted by molar-refractivity contribution is 7.89. The van der Waals surface area contributed by atoms with E-state index in [-0.39, 0.29) is 27.8 Å². The fourth-order valence-corrected chi connectivity index (χ4v) is 5.19. The second-order valence-corrected chi connectivity index (χ2v) is 9.52. The van der Waals surface area contributed by atoms with Crippen LogP contribution in [-0.4, -0.2) is 56.2 Å². The van der Waals surface area contributed by atoms with Gasteiger partial charge in [0.1, 0.15) is 10.7 Å². The van der Waals surface area contributed by atoms with E-state index in [1.54, 1.807) is 12.1 Å². The Morgan fingerprint density at radius 2 is 1.77 bits per heavy atom. The molecule has 0 aromatic heterocycles. The van der Waals surface area contributed by atoms with Crippen LogP contribution in [0.3, 0.4) is 0 Å². The van der Waals surface area contributed by atoms with Crippen molar-refractivity contribution in [3.8, 4) is 0 Å². The van der Waals surface area contributed by atoms with E-state index in [9.17, 15) is 22.4 Å². The molecule has 7 nitrogen and oxygen atoms in total. The maximum atomic E-state index is 13.0. The van der Waals surface area contributed by atoms with Crippen LogP contribution in [0.15, 0.2) is 47.4 Å². The molecule has 1 saturated heterocycles. The second kappa shape index (κ2) is 9.76. The lowest BCUT2D eigenvalue weighted by Gasteiger charge is -2.18. The molecule has 31 heavy (non-hydrogen) atoms. The van der Waals surface area contributed by atoms with Crippen molar-refractivity contribution in [2.24, 2.45) is 0 Å². The number of benzene rings is 2. The van der Waals surface area contributed by atoms with Gasteiger partial charge in [0.2, 0.25) is 10.0 Å². The third-order valence-electron chi connectivity index (χ3n) is 4.94. The molecule has 0 aliphatic carbocycles. The molecular formula is C21H22ClFN2O5S. The average molecular weight is 469 g/mol. The lowest BCUT2D eigenvalue weighted by atomic mass is 10.2. The van der Waals surface area contributed by atoms with Gasteiger partial charge in [0.25, 0.3) is 5.91 Å². The Bertz CT molecular complexity index is 1070. The molecule has 3 rings (SSSR count). The molecule has 0 radical (unpaired) electrons. The van der Waals surface area contributed by atoms with Crippen molar-refractivity contribution in [3.63, 3.8) is 0 Å². The third-order valence-corrected chi connectivity index (χ3v) is 7.32. The fraction of sp³-hybridized carbons (Fsp3) is 0.333. The zero-order valence-corrected chi connectivity index (χ0v) is 18.5. The van der Waals surface area contributed by atoms with E-state index in [2.05, 4.69) is 0 Å². The number of ether oxygens (including phenoxy) is 1. The van der Waals surface area contributed by atoms with Crippen molar-refractivity contribution >= 4 is 33.5 Å². The molecule has 1 fully saturated rings. The smallest absolute Gasteiger partial charge is 0.338 e. The summed E-state index contributed by atoms with van der Waals surface area (Å²) in [6.45, 7) is 0.508. The first-order valence-corrected chi connectivity index (χ1v) is 11.5. The van der Waals surface area contributed by atoms with Crippen molar-refractivity contribution in [1.82, 2.24) is 9.21 Å². The molecule has 1 amide bonds. The first kappa shape index (κ1) is 23.2. The number of rotatable bonds is 7. The SMILES string of the molecule is CN(Cc1ccc(F)cc1)C(=O)COC(=O)c1ccc(Cl)c(S(=O)(=O)N2CCCC2)c1. The van der Waals surface area contributed by atoms with Gasteiger partial charge < -0.3 is 9.64 Å². The Kier molecular flexibility index (Phi) is 7.30. The van der Waals surface area contributed by atoms with Crippen LogP contribution in [0.1, 0.15) is 28.8 Å². The van der Waals surface area contributed by atoms with E-state index >= 15 is 0 Å². The average Bonchev–Trinajstić information content (AvgIpc) is 3.29. The molecule has 1 aliphatic rings. The van der Waals surface area contributed by atoms with E-state index in [0.29, 0.717) is 13.1 Å². The molecule has 166 valence electrons. The minimum atomic E-state index is -3.82. The summed E-state index contributed by atoms with van der Waals surface area (Å²) in [7, 11) is -2.29. The van der Waals surface area contributed by atoms with Crippen LogP contribution >= 0.6 is 11.6 Å². The number of hydrogen-bond donors (Lipinski definition) is 0. The van der Waals surface area contributed by atoms with Gasteiger partial charge in [0.15, 0.2) is 6.61 Å². The van der Waals surface area contributed by atoms with Gasteiger partial charge in [0, 0.05) is 26.7 Å². The number of carbonyl (C=O) groups is 2. The molecule has 2 aromatic rings. The predicted molar refractivity (Wildman–Crippen MR) is 113 cm³/mol. The number of sulfonamides is 1. The zero-order chi connectivity index (χ0) is 22.6. The van der Waals surface area contributed by atoms with Crippen LogP contribution in [0.4, 0.5) is 4.39 Å². The number of likely N-dealkylation sites (N-methyl/N-ethyl adjacent to an activating group) is 1. The molecule has 0 saturated carbocycles. The van der Waals surface area contributed by atoms with E-state index in [1.165, 1.54) is 46.6 Å². The summed E-state index contributed by atoms with van der Waals surface area (Å²) in [6, 6.07) is 9.54. The molecule has 10 heteroatoms. The monoisotopic (exact) mass is 468 g/mol. The Labute approximate surface area is 185 Å². The van der Waals surface area contributed by atoms with Gasteiger partial charge in [-0.3, -0.25) is 4.79 Å². The summed E-state index contributed by atoms with van der Waals surface area (Å²) in [4.78, 5) is 25.8. The van der Waals surface area contributed by atoms with E-state index in [0.717, 1.165) is 18.4 Å². The molecular weight excluding hydrogens is 447 g/mol. The van der Waals surface area contributed by atoms with Crippen molar-refractivity contribution < 1.29 is 27.1 Å². The molecule has 0 unspecified atom stereocenters. The van der Waals surface area contributed by atoms with Crippen LogP contribution in [0, 0.1) is 5.82 Å². The lowest BCUT2D eigenvalue weighted by molar-refractivity contribution is -0.133. The van der Waals surface area contributed by atoms with Crippen LogP contribution in [0.25, 0.3) is 0 Å².